The number of aliphatic hydroxyl groups is 1. The van der Waals surface area contributed by atoms with Crippen LogP contribution < -0.4 is 0 Å². The molecule has 2 heterocycles. The highest BCUT2D eigenvalue weighted by molar-refractivity contribution is 9.11. The van der Waals surface area contributed by atoms with Crippen LogP contribution in [0.3, 0.4) is 0 Å². The summed E-state index contributed by atoms with van der Waals surface area (Å²) in [5, 5.41) is 10.2. The van der Waals surface area contributed by atoms with Crippen molar-refractivity contribution in [2.75, 3.05) is 13.2 Å². The van der Waals surface area contributed by atoms with Gasteiger partial charge in [0.2, 0.25) is 0 Å². The molecule has 1 fully saturated rings. The molecule has 17 heavy (non-hydrogen) atoms. The van der Waals surface area contributed by atoms with Crippen molar-refractivity contribution in [3.8, 4) is 0 Å². The van der Waals surface area contributed by atoms with Crippen LogP contribution in [0.4, 0.5) is 0 Å². The number of pyridine rings is 1. The molecule has 1 aromatic heterocycles. The van der Waals surface area contributed by atoms with Crippen LogP contribution in [0.15, 0.2) is 21.2 Å². The van der Waals surface area contributed by atoms with Gasteiger partial charge in [0.05, 0.1) is 11.8 Å². The third-order valence-corrected chi connectivity index (χ3v) is 4.12. The van der Waals surface area contributed by atoms with Crippen molar-refractivity contribution >= 4 is 31.9 Å². The highest BCUT2D eigenvalue weighted by atomic mass is 79.9. The molecule has 1 N–H and O–H groups in total. The minimum absolute atomic E-state index is 0.499. The molecule has 1 aromatic rings. The SMILES string of the molecule is OC(CC1CCOCC1)c1ncc(Br)cc1Br. The lowest BCUT2D eigenvalue weighted by Gasteiger charge is -2.24. The van der Waals surface area contributed by atoms with E-state index in [-0.39, 0.29) is 0 Å². The maximum absolute atomic E-state index is 10.2. The van der Waals surface area contributed by atoms with Gasteiger partial charge < -0.3 is 9.84 Å². The molecule has 0 radical (unpaired) electrons. The summed E-state index contributed by atoms with van der Waals surface area (Å²) in [5.74, 6) is 0.538. The molecule has 0 spiro atoms. The normalized spacial score (nSPS) is 19.2. The number of hydrogen-bond donors (Lipinski definition) is 1. The molecule has 1 aliphatic rings. The Morgan fingerprint density at radius 1 is 1.41 bits per heavy atom. The molecule has 0 amide bonds. The average molecular weight is 365 g/mol. The highest BCUT2D eigenvalue weighted by Gasteiger charge is 2.21. The second-order valence-electron chi connectivity index (χ2n) is 4.33. The lowest BCUT2D eigenvalue weighted by molar-refractivity contribution is 0.0425. The molecule has 1 aliphatic heterocycles. The molecule has 0 aromatic carbocycles. The molecule has 1 atom stereocenters. The fourth-order valence-electron chi connectivity index (χ4n) is 2.08. The highest BCUT2D eigenvalue weighted by Crippen LogP contribution is 2.31. The van der Waals surface area contributed by atoms with Gasteiger partial charge in [0.15, 0.2) is 0 Å². The first-order chi connectivity index (χ1) is 8.16. The van der Waals surface area contributed by atoms with Crippen LogP contribution in [0, 0.1) is 5.92 Å². The summed E-state index contributed by atoms with van der Waals surface area (Å²) in [6.45, 7) is 1.62. The molecule has 1 saturated heterocycles. The van der Waals surface area contributed by atoms with Gasteiger partial charge in [-0.05, 0) is 63.1 Å². The van der Waals surface area contributed by atoms with E-state index in [1.165, 1.54) is 0 Å². The molecular formula is C12H15Br2NO2. The van der Waals surface area contributed by atoms with E-state index in [2.05, 4.69) is 36.8 Å². The van der Waals surface area contributed by atoms with Crippen LogP contribution in [0.2, 0.25) is 0 Å². The zero-order valence-electron chi connectivity index (χ0n) is 9.40. The van der Waals surface area contributed by atoms with Gasteiger partial charge in [-0.2, -0.15) is 0 Å². The van der Waals surface area contributed by atoms with Gasteiger partial charge in [0.25, 0.3) is 0 Å². The first-order valence-electron chi connectivity index (χ1n) is 5.73. The molecule has 5 heteroatoms. The Bertz CT molecular complexity index is 381. The van der Waals surface area contributed by atoms with Crippen LogP contribution in [-0.2, 0) is 4.74 Å². The van der Waals surface area contributed by atoms with E-state index in [0.29, 0.717) is 5.92 Å². The van der Waals surface area contributed by atoms with Gasteiger partial charge >= 0.3 is 0 Å². The smallest absolute Gasteiger partial charge is 0.0973 e. The van der Waals surface area contributed by atoms with Crippen molar-refractivity contribution in [3.63, 3.8) is 0 Å². The zero-order chi connectivity index (χ0) is 12.3. The van der Waals surface area contributed by atoms with Crippen LogP contribution in [-0.4, -0.2) is 23.3 Å². The third kappa shape index (κ3) is 3.74. The first-order valence-corrected chi connectivity index (χ1v) is 7.32. The van der Waals surface area contributed by atoms with E-state index in [1.807, 2.05) is 6.07 Å². The van der Waals surface area contributed by atoms with Crippen LogP contribution in [0.25, 0.3) is 0 Å². The number of nitrogens with zero attached hydrogens (tertiary/aromatic N) is 1. The summed E-state index contributed by atoms with van der Waals surface area (Å²) in [6.07, 6.45) is 4.04. The second-order valence-corrected chi connectivity index (χ2v) is 6.10. The van der Waals surface area contributed by atoms with Gasteiger partial charge in [0.1, 0.15) is 0 Å². The largest absolute Gasteiger partial charge is 0.387 e. The lowest BCUT2D eigenvalue weighted by Crippen LogP contribution is -2.18. The summed E-state index contributed by atoms with van der Waals surface area (Å²) in [6, 6.07) is 1.91. The van der Waals surface area contributed by atoms with E-state index >= 15 is 0 Å². The molecule has 1 unspecified atom stereocenters. The predicted molar refractivity (Wildman–Crippen MR) is 72.8 cm³/mol. The van der Waals surface area contributed by atoms with Gasteiger partial charge in [-0.25, -0.2) is 0 Å². The molecule has 0 aliphatic carbocycles. The molecule has 2 rings (SSSR count). The number of hydrogen-bond acceptors (Lipinski definition) is 3. The Morgan fingerprint density at radius 2 is 2.12 bits per heavy atom. The van der Waals surface area contributed by atoms with Crippen molar-refractivity contribution in [3.05, 3.63) is 26.9 Å². The van der Waals surface area contributed by atoms with Crippen molar-refractivity contribution < 1.29 is 9.84 Å². The zero-order valence-corrected chi connectivity index (χ0v) is 12.6. The quantitative estimate of drug-likeness (QED) is 0.893. The molecule has 0 bridgehead atoms. The summed E-state index contributed by atoms with van der Waals surface area (Å²) in [4.78, 5) is 4.27. The number of rotatable bonds is 3. The van der Waals surface area contributed by atoms with Crippen molar-refractivity contribution in [1.29, 1.82) is 0 Å². The second kappa shape index (κ2) is 6.27. The molecule has 94 valence electrons. The van der Waals surface area contributed by atoms with Crippen LogP contribution >= 0.6 is 31.9 Å². The summed E-state index contributed by atoms with van der Waals surface area (Å²) >= 11 is 6.79. The van der Waals surface area contributed by atoms with E-state index in [9.17, 15) is 5.11 Å². The summed E-state index contributed by atoms with van der Waals surface area (Å²) in [5.41, 5.74) is 0.722. The van der Waals surface area contributed by atoms with Crippen molar-refractivity contribution in [1.82, 2.24) is 4.98 Å². The Kier molecular flexibility index (Phi) is 4.97. The lowest BCUT2D eigenvalue weighted by atomic mass is 9.92. The maximum Gasteiger partial charge on any atom is 0.0973 e. The average Bonchev–Trinajstić information content (AvgIpc) is 2.30. The minimum Gasteiger partial charge on any atom is -0.387 e. The number of aliphatic hydroxyl groups excluding tert-OH is 1. The number of ether oxygens (including phenoxy) is 1. The number of halogens is 2. The van der Waals surface area contributed by atoms with E-state index in [1.54, 1.807) is 6.20 Å². The van der Waals surface area contributed by atoms with Crippen molar-refractivity contribution in [2.45, 2.75) is 25.4 Å². The fourth-order valence-corrected chi connectivity index (χ4v) is 3.33. The predicted octanol–water partition coefficient (Wildman–Crippen LogP) is 3.46. The van der Waals surface area contributed by atoms with Crippen LogP contribution in [0.5, 0.6) is 0 Å². The third-order valence-electron chi connectivity index (χ3n) is 3.05. The monoisotopic (exact) mass is 363 g/mol. The van der Waals surface area contributed by atoms with E-state index < -0.39 is 6.10 Å². The van der Waals surface area contributed by atoms with Crippen LogP contribution in [0.1, 0.15) is 31.1 Å². The van der Waals surface area contributed by atoms with E-state index in [0.717, 1.165) is 47.1 Å². The van der Waals surface area contributed by atoms with Gasteiger partial charge in [-0.1, -0.05) is 0 Å². The summed E-state index contributed by atoms with van der Waals surface area (Å²) < 4.78 is 7.08. The Balaban J connectivity index is 2.00. The molecule has 3 nitrogen and oxygen atoms in total. The Hall–Kier alpha value is 0.0300. The fraction of sp³-hybridized carbons (Fsp3) is 0.583. The first kappa shape index (κ1) is 13.5. The Morgan fingerprint density at radius 3 is 2.76 bits per heavy atom. The molecular weight excluding hydrogens is 350 g/mol. The van der Waals surface area contributed by atoms with Gasteiger partial charge in [-0.3, -0.25) is 4.98 Å². The molecule has 0 saturated carbocycles. The summed E-state index contributed by atoms with van der Waals surface area (Å²) in [7, 11) is 0. The number of aromatic nitrogens is 1. The van der Waals surface area contributed by atoms with Gasteiger partial charge in [0, 0.05) is 28.4 Å². The minimum atomic E-state index is -0.499. The van der Waals surface area contributed by atoms with Gasteiger partial charge in [-0.15, -0.1) is 0 Å². The Labute approximate surface area is 118 Å². The topological polar surface area (TPSA) is 42.4 Å². The van der Waals surface area contributed by atoms with E-state index in [4.69, 9.17) is 4.74 Å². The maximum atomic E-state index is 10.2. The van der Waals surface area contributed by atoms with Crippen molar-refractivity contribution in [2.24, 2.45) is 5.92 Å². The standard InChI is InChI=1S/C12H15Br2NO2/c13-9-6-10(14)12(15-7-9)11(16)5-8-1-3-17-4-2-8/h6-8,11,16H,1-5H2.